The minimum Gasteiger partial charge on any atom is -0.207 e. The Bertz CT molecular complexity index is 334. The van der Waals surface area contributed by atoms with Crippen molar-refractivity contribution >= 4 is 0 Å². The first-order valence-electron chi connectivity index (χ1n) is 8.10. The zero-order valence-electron chi connectivity index (χ0n) is 11.9. The zero-order valence-corrected chi connectivity index (χ0v) is 11.9. The van der Waals surface area contributed by atoms with Gasteiger partial charge in [0.1, 0.15) is 0 Å². The smallest absolute Gasteiger partial charge is 0.207 e. The van der Waals surface area contributed by atoms with Gasteiger partial charge in [-0.25, -0.2) is 17.6 Å². The van der Waals surface area contributed by atoms with Crippen molar-refractivity contribution in [3.8, 4) is 0 Å². The topological polar surface area (TPSA) is 0 Å². The molecule has 3 aliphatic carbocycles. The van der Waals surface area contributed by atoms with Gasteiger partial charge in [-0.3, -0.25) is 0 Å². The summed E-state index contributed by atoms with van der Waals surface area (Å²) in [6.07, 6.45) is 5.74. The summed E-state index contributed by atoms with van der Waals surface area (Å²) in [6.45, 7) is 0. The Labute approximate surface area is 118 Å². The van der Waals surface area contributed by atoms with Crippen LogP contribution in [-0.4, -0.2) is 11.8 Å². The monoisotopic (exact) mass is 292 g/mol. The van der Waals surface area contributed by atoms with E-state index in [0.717, 1.165) is 25.7 Å². The molecule has 3 saturated carbocycles. The minimum atomic E-state index is -2.46. The summed E-state index contributed by atoms with van der Waals surface area (Å²) in [4.78, 5) is 0. The van der Waals surface area contributed by atoms with Gasteiger partial charge in [-0.15, -0.1) is 0 Å². The molecule has 3 aliphatic rings. The van der Waals surface area contributed by atoms with E-state index in [4.69, 9.17) is 0 Å². The molecule has 0 bridgehead atoms. The molecular formula is C16H24F4. The molecule has 0 nitrogen and oxygen atoms in total. The van der Waals surface area contributed by atoms with Gasteiger partial charge in [-0.2, -0.15) is 0 Å². The van der Waals surface area contributed by atoms with Gasteiger partial charge in [-0.1, -0.05) is 19.3 Å². The Morgan fingerprint density at radius 1 is 0.600 bits per heavy atom. The average Bonchev–Trinajstić information content (AvgIpc) is 2.36. The predicted octanol–water partition coefficient (Wildman–Crippen LogP) is 5.66. The van der Waals surface area contributed by atoms with Crippen molar-refractivity contribution in [2.75, 3.05) is 0 Å². The molecule has 0 spiro atoms. The molecule has 2 atom stereocenters. The first-order valence-corrected chi connectivity index (χ1v) is 8.10. The van der Waals surface area contributed by atoms with Crippen LogP contribution in [0, 0.1) is 23.7 Å². The van der Waals surface area contributed by atoms with Crippen molar-refractivity contribution in [1.82, 2.24) is 0 Å². The van der Waals surface area contributed by atoms with Crippen molar-refractivity contribution in [2.24, 2.45) is 23.7 Å². The van der Waals surface area contributed by atoms with E-state index in [1.807, 2.05) is 0 Å². The van der Waals surface area contributed by atoms with Gasteiger partial charge in [0.25, 0.3) is 0 Å². The molecule has 0 aliphatic heterocycles. The van der Waals surface area contributed by atoms with Crippen LogP contribution in [0.4, 0.5) is 17.6 Å². The van der Waals surface area contributed by atoms with E-state index in [1.54, 1.807) is 0 Å². The highest BCUT2D eigenvalue weighted by molar-refractivity contribution is 4.93. The summed E-state index contributed by atoms with van der Waals surface area (Å²) in [6, 6.07) is 0. The molecular weight excluding hydrogens is 268 g/mol. The van der Waals surface area contributed by atoms with E-state index in [1.165, 1.54) is 0 Å². The normalized spacial score (nSPS) is 38.4. The third-order valence-corrected chi connectivity index (χ3v) is 5.97. The fourth-order valence-corrected chi connectivity index (χ4v) is 4.70. The summed E-state index contributed by atoms with van der Waals surface area (Å²) >= 11 is 0. The summed E-state index contributed by atoms with van der Waals surface area (Å²) < 4.78 is 52.4. The molecule has 0 aromatic rings. The minimum absolute atomic E-state index is 0.0281. The zero-order chi connectivity index (χ0) is 14.4. The lowest BCUT2D eigenvalue weighted by atomic mass is 9.62. The van der Waals surface area contributed by atoms with Crippen LogP contribution in [0.15, 0.2) is 0 Å². The number of rotatable bonds is 2. The highest BCUT2D eigenvalue weighted by Crippen LogP contribution is 2.52. The number of hydrogen-bond acceptors (Lipinski definition) is 0. The first-order chi connectivity index (χ1) is 9.35. The second-order valence-corrected chi connectivity index (χ2v) is 7.40. The lowest BCUT2D eigenvalue weighted by Gasteiger charge is -2.45. The molecule has 0 amide bonds. The van der Waals surface area contributed by atoms with E-state index < -0.39 is 11.8 Å². The third kappa shape index (κ3) is 3.14. The molecule has 0 aromatic heterocycles. The molecule has 3 fully saturated rings. The van der Waals surface area contributed by atoms with Gasteiger partial charge < -0.3 is 0 Å². The van der Waals surface area contributed by atoms with Gasteiger partial charge >= 0.3 is 0 Å². The van der Waals surface area contributed by atoms with Crippen molar-refractivity contribution in [1.29, 1.82) is 0 Å². The van der Waals surface area contributed by atoms with Gasteiger partial charge in [0, 0.05) is 25.7 Å². The van der Waals surface area contributed by atoms with Crippen LogP contribution >= 0.6 is 0 Å². The van der Waals surface area contributed by atoms with Crippen LogP contribution in [-0.2, 0) is 0 Å². The van der Waals surface area contributed by atoms with Crippen LogP contribution in [0.2, 0.25) is 0 Å². The van der Waals surface area contributed by atoms with Gasteiger partial charge in [0.05, 0.1) is 0 Å². The van der Waals surface area contributed by atoms with Crippen LogP contribution in [0.5, 0.6) is 0 Å². The Balaban J connectivity index is 1.51. The molecule has 20 heavy (non-hydrogen) atoms. The van der Waals surface area contributed by atoms with E-state index in [2.05, 4.69) is 0 Å². The van der Waals surface area contributed by atoms with Crippen molar-refractivity contribution in [3.63, 3.8) is 0 Å². The molecule has 0 saturated heterocycles. The molecule has 2 unspecified atom stereocenters. The fourth-order valence-electron chi connectivity index (χ4n) is 4.70. The standard InChI is InChI=1S/C16H24F4/c17-15(18)6-4-11(5-7-15)12-2-1-3-13(8-12)14-9-16(19,20)10-14/h11-14H,1-10H2. The van der Waals surface area contributed by atoms with Gasteiger partial charge in [-0.05, 0) is 42.9 Å². The second kappa shape index (κ2) is 5.17. The highest BCUT2D eigenvalue weighted by Gasteiger charge is 2.49. The van der Waals surface area contributed by atoms with Crippen molar-refractivity contribution in [3.05, 3.63) is 0 Å². The summed E-state index contributed by atoms with van der Waals surface area (Å²) in [5.41, 5.74) is 0. The number of alkyl halides is 4. The quantitative estimate of drug-likeness (QED) is 0.576. The van der Waals surface area contributed by atoms with E-state index in [0.29, 0.717) is 30.6 Å². The molecule has 0 aromatic carbocycles. The first kappa shape index (κ1) is 14.6. The lowest BCUT2D eigenvalue weighted by Crippen LogP contribution is -2.42. The van der Waals surface area contributed by atoms with Gasteiger partial charge in [0.15, 0.2) is 0 Å². The number of halogens is 4. The van der Waals surface area contributed by atoms with Crippen molar-refractivity contribution < 1.29 is 17.6 Å². The third-order valence-electron chi connectivity index (χ3n) is 5.97. The molecule has 3 rings (SSSR count). The predicted molar refractivity (Wildman–Crippen MR) is 70.0 cm³/mol. The highest BCUT2D eigenvalue weighted by atomic mass is 19.3. The largest absolute Gasteiger partial charge is 0.248 e. The van der Waals surface area contributed by atoms with E-state index >= 15 is 0 Å². The molecule has 0 heterocycles. The number of hydrogen-bond donors (Lipinski definition) is 0. The summed E-state index contributed by atoms with van der Waals surface area (Å²) in [5.74, 6) is -3.34. The Morgan fingerprint density at radius 3 is 1.70 bits per heavy atom. The van der Waals surface area contributed by atoms with Crippen LogP contribution in [0.25, 0.3) is 0 Å². The molecule has 0 N–H and O–H groups in total. The maximum absolute atomic E-state index is 13.2. The average molecular weight is 292 g/mol. The molecule has 0 radical (unpaired) electrons. The second-order valence-electron chi connectivity index (χ2n) is 7.40. The fraction of sp³-hybridized carbons (Fsp3) is 1.00. The van der Waals surface area contributed by atoms with Crippen LogP contribution in [0.1, 0.15) is 64.2 Å². The van der Waals surface area contributed by atoms with E-state index in [9.17, 15) is 17.6 Å². The Kier molecular flexibility index (Phi) is 3.79. The maximum Gasteiger partial charge on any atom is 0.248 e. The van der Waals surface area contributed by atoms with Crippen molar-refractivity contribution in [2.45, 2.75) is 76.1 Å². The van der Waals surface area contributed by atoms with E-state index in [-0.39, 0.29) is 31.6 Å². The van der Waals surface area contributed by atoms with Crippen LogP contribution in [0.3, 0.4) is 0 Å². The van der Waals surface area contributed by atoms with Crippen LogP contribution < -0.4 is 0 Å². The Hall–Kier alpha value is -0.280. The SMILES string of the molecule is FC1(F)CCC(C2CCCC(C3CC(F)(F)C3)C2)CC1. The maximum atomic E-state index is 13.2. The molecule has 116 valence electrons. The molecule has 4 heteroatoms. The van der Waals surface area contributed by atoms with Gasteiger partial charge in [0.2, 0.25) is 11.8 Å². The summed E-state index contributed by atoms with van der Waals surface area (Å²) in [7, 11) is 0. The summed E-state index contributed by atoms with van der Waals surface area (Å²) in [5, 5.41) is 0. The lowest BCUT2D eigenvalue weighted by molar-refractivity contribution is -0.133. The Morgan fingerprint density at radius 2 is 1.15 bits per heavy atom.